The fourth-order valence-corrected chi connectivity index (χ4v) is 0.811. The Morgan fingerprint density at radius 3 is 2.82 bits per heavy atom. The van der Waals surface area contributed by atoms with Gasteiger partial charge in [-0.05, 0) is 6.92 Å². The van der Waals surface area contributed by atoms with Crippen molar-refractivity contribution in [3.8, 4) is 5.75 Å². The fraction of sp³-hybridized carbons (Fsp3) is 0.143. The molecular formula is C7H7N3O. The normalized spacial score (nSPS) is 9.09. The summed E-state index contributed by atoms with van der Waals surface area (Å²) in [6.07, 6.45) is 0. The molecule has 1 rings (SSSR count). The number of aromatic hydroxyl groups is 1. The number of pyridine rings is 1. The molecule has 0 fully saturated rings. The van der Waals surface area contributed by atoms with Gasteiger partial charge in [-0.3, -0.25) is 0 Å². The van der Waals surface area contributed by atoms with Crippen molar-refractivity contribution >= 4 is 11.5 Å². The topological polar surface area (TPSA) is 63.5 Å². The van der Waals surface area contributed by atoms with Crippen molar-refractivity contribution in [3.05, 3.63) is 23.2 Å². The minimum absolute atomic E-state index is 0.106. The average molecular weight is 149 g/mol. The van der Waals surface area contributed by atoms with Gasteiger partial charge < -0.3 is 10.8 Å². The summed E-state index contributed by atoms with van der Waals surface area (Å²) in [6.45, 7) is 8.31. The van der Waals surface area contributed by atoms with Crippen molar-refractivity contribution in [3.63, 3.8) is 0 Å². The van der Waals surface area contributed by atoms with Gasteiger partial charge in [0.15, 0.2) is 0 Å². The Labute approximate surface area is 64.1 Å². The van der Waals surface area contributed by atoms with Crippen LogP contribution in [-0.2, 0) is 0 Å². The lowest BCUT2D eigenvalue weighted by molar-refractivity contribution is 0.478. The van der Waals surface area contributed by atoms with Crippen molar-refractivity contribution in [1.82, 2.24) is 4.98 Å². The van der Waals surface area contributed by atoms with Crippen LogP contribution in [0.5, 0.6) is 5.75 Å². The predicted molar refractivity (Wildman–Crippen MR) is 41.3 cm³/mol. The second-order valence-corrected chi connectivity index (χ2v) is 2.11. The summed E-state index contributed by atoms with van der Waals surface area (Å²) < 4.78 is 0. The number of rotatable bonds is 0. The van der Waals surface area contributed by atoms with Gasteiger partial charge in [0.2, 0.25) is 5.69 Å². The number of hydrogen-bond acceptors (Lipinski definition) is 3. The summed E-state index contributed by atoms with van der Waals surface area (Å²) in [6, 6.07) is 1.26. The van der Waals surface area contributed by atoms with Gasteiger partial charge in [0.05, 0.1) is 12.3 Å². The van der Waals surface area contributed by atoms with E-state index in [0.717, 1.165) is 0 Å². The Morgan fingerprint density at radius 1 is 1.73 bits per heavy atom. The third kappa shape index (κ3) is 1.22. The number of anilines is 1. The first-order valence-electron chi connectivity index (χ1n) is 2.98. The molecule has 0 atom stereocenters. The minimum Gasteiger partial charge on any atom is -0.519 e. The van der Waals surface area contributed by atoms with Crippen molar-refractivity contribution in [2.24, 2.45) is 0 Å². The zero-order valence-corrected chi connectivity index (χ0v) is 6.00. The molecule has 56 valence electrons. The van der Waals surface area contributed by atoms with E-state index in [-0.39, 0.29) is 17.3 Å². The molecule has 0 aromatic carbocycles. The third-order valence-corrected chi connectivity index (χ3v) is 1.28. The van der Waals surface area contributed by atoms with E-state index in [1.54, 1.807) is 6.92 Å². The summed E-state index contributed by atoms with van der Waals surface area (Å²) in [5.41, 5.74) is 5.93. The Bertz CT molecular complexity index is 304. The van der Waals surface area contributed by atoms with E-state index in [2.05, 4.69) is 9.83 Å². The molecule has 1 aromatic heterocycles. The number of nitrogens with zero attached hydrogens (tertiary/aromatic N) is 2. The maximum atomic E-state index is 9.14. The third-order valence-electron chi connectivity index (χ3n) is 1.28. The van der Waals surface area contributed by atoms with Gasteiger partial charge in [-0.25, -0.2) is 9.83 Å². The van der Waals surface area contributed by atoms with Crippen LogP contribution in [0.25, 0.3) is 4.85 Å². The van der Waals surface area contributed by atoms with Crippen LogP contribution in [0.4, 0.5) is 11.5 Å². The Kier molecular flexibility index (Phi) is 1.65. The molecule has 0 bridgehead atoms. The number of nitrogens with two attached hydrogens (primary N) is 1. The molecule has 0 unspecified atom stereocenters. The molecular weight excluding hydrogens is 142 g/mol. The molecule has 0 spiro atoms. The van der Waals surface area contributed by atoms with Crippen molar-refractivity contribution in [2.45, 2.75) is 6.92 Å². The lowest BCUT2D eigenvalue weighted by Crippen LogP contribution is -1.91. The van der Waals surface area contributed by atoms with Crippen LogP contribution in [0.15, 0.2) is 6.07 Å². The summed E-state index contributed by atoms with van der Waals surface area (Å²) in [7, 11) is 0. The highest BCUT2D eigenvalue weighted by Crippen LogP contribution is 2.29. The van der Waals surface area contributed by atoms with Gasteiger partial charge in [-0.1, -0.05) is 0 Å². The summed E-state index contributed by atoms with van der Waals surface area (Å²) in [5.74, 6) is 0.123. The fourth-order valence-electron chi connectivity index (χ4n) is 0.811. The Morgan fingerprint density at radius 2 is 2.36 bits per heavy atom. The minimum atomic E-state index is -0.106. The number of aryl methyl sites for hydroxylation is 1. The van der Waals surface area contributed by atoms with E-state index in [0.29, 0.717) is 5.69 Å². The molecule has 4 heteroatoms. The zero-order chi connectivity index (χ0) is 8.43. The van der Waals surface area contributed by atoms with E-state index in [4.69, 9.17) is 17.4 Å². The molecule has 0 saturated heterocycles. The highest BCUT2D eigenvalue weighted by atomic mass is 16.3. The van der Waals surface area contributed by atoms with E-state index < -0.39 is 0 Å². The highest BCUT2D eigenvalue weighted by Gasteiger charge is 2.06. The molecule has 0 saturated carbocycles. The van der Waals surface area contributed by atoms with Crippen molar-refractivity contribution in [2.75, 3.05) is 5.73 Å². The second-order valence-electron chi connectivity index (χ2n) is 2.11. The van der Waals surface area contributed by atoms with Gasteiger partial charge in [-0.2, -0.15) is 0 Å². The second kappa shape index (κ2) is 2.46. The van der Waals surface area contributed by atoms with Crippen LogP contribution < -0.4 is 5.73 Å². The smallest absolute Gasteiger partial charge is 0.248 e. The molecule has 0 aliphatic rings. The first kappa shape index (κ1) is 7.35. The molecule has 0 radical (unpaired) electrons. The van der Waals surface area contributed by atoms with Gasteiger partial charge >= 0.3 is 0 Å². The van der Waals surface area contributed by atoms with E-state index in [1.165, 1.54) is 6.07 Å². The van der Waals surface area contributed by atoms with Gasteiger partial charge in [0.1, 0.15) is 11.6 Å². The van der Waals surface area contributed by atoms with E-state index in [9.17, 15) is 0 Å². The van der Waals surface area contributed by atoms with Gasteiger partial charge in [0, 0.05) is 6.07 Å². The number of aromatic nitrogens is 1. The molecule has 4 nitrogen and oxygen atoms in total. The summed E-state index contributed by atoms with van der Waals surface area (Å²) in [4.78, 5) is 6.90. The summed E-state index contributed by atoms with van der Waals surface area (Å²) >= 11 is 0. The first-order chi connectivity index (χ1) is 5.15. The monoisotopic (exact) mass is 149 g/mol. The van der Waals surface area contributed by atoms with Gasteiger partial charge in [-0.15, -0.1) is 0 Å². The van der Waals surface area contributed by atoms with Crippen LogP contribution in [0.2, 0.25) is 0 Å². The molecule has 0 amide bonds. The van der Waals surface area contributed by atoms with Crippen LogP contribution in [-0.4, -0.2) is 10.1 Å². The quantitative estimate of drug-likeness (QED) is 0.545. The molecule has 0 aliphatic carbocycles. The largest absolute Gasteiger partial charge is 0.519 e. The van der Waals surface area contributed by atoms with Crippen molar-refractivity contribution in [1.29, 1.82) is 0 Å². The average Bonchev–Trinajstić information content (AvgIpc) is 1.85. The highest BCUT2D eigenvalue weighted by molar-refractivity contribution is 5.62. The molecule has 1 heterocycles. The Balaban J connectivity index is 3.40. The van der Waals surface area contributed by atoms with E-state index in [1.807, 2.05) is 0 Å². The molecule has 11 heavy (non-hydrogen) atoms. The maximum Gasteiger partial charge on any atom is 0.248 e. The SMILES string of the molecule is [C-]#[N+]c1c(O)cc(N)nc1C. The zero-order valence-electron chi connectivity index (χ0n) is 6.00. The van der Waals surface area contributed by atoms with Crippen LogP contribution >= 0.6 is 0 Å². The lowest BCUT2D eigenvalue weighted by atomic mass is 10.3. The maximum absolute atomic E-state index is 9.14. The van der Waals surface area contributed by atoms with E-state index >= 15 is 0 Å². The molecule has 1 aromatic rings. The Hall–Kier alpha value is -1.76. The van der Waals surface area contributed by atoms with Crippen LogP contribution in [0.3, 0.4) is 0 Å². The standard InChI is InChI=1S/C7H7N3O/c1-4-7(9-2)5(11)3-6(8)10-4/h3H,1H3,(H3,8,10,11). The molecule has 3 N–H and O–H groups in total. The van der Waals surface area contributed by atoms with Crippen LogP contribution in [0.1, 0.15) is 5.69 Å². The van der Waals surface area contributed by atoms with Crippen molar-refractivity contribution < 1.29 is 5.11 Å². The molecule has 0 aliphatic heterocycles. The predicted octanol–water partition coefficient (Wildman–Crippen LogP) is 1.23. The summed E-state index contributed by atoms with van der Waals surface area (Å²) in [5, 5.41) is 9.14. The number of nitrogen functional groups attached to an aromatic ring is 1. The van der Waals surface area contributed by atoms with Crippen LogP contribution in [0, 0.1) is 13.5 Å². The number of hydrogen-bond donors (Lipinski definition) is 2. The first-order valence-corrected chi connectivity index (χ1v) is 2.98. The lowest BCUT2D eigenvalue weighted by Gasteiger charge is -2.00. The van der Waals surface area contributed by atoms with Gasteiger partial charge in [0.25, 0.3) is 0 Å².